The largest absolute Gasteiger partial charge is 0.394 e. The van der Waals surface area contributed by atoms with Gasteiger partial charge in [0.1, 0.15) is 6.04 Å². The van der Waals surface area contributed by atoms with Gasteiger partial charge in [0, 0.05) is 17.0 Å². The van der Waals surface area contributed by atoms with Gasteiger partial charge in [-0.2, -0.15) is 0 Å². The number of likely N-dealkylation sites (tertiary alicyclic amines) is 1. The van der Waals surface area contributed by atoms with Crippen LogP contribution in [0.1, 0.15) is 55.8 Å². The lowest BCUT2D eigenvalue weighted by molar-refractivity contribution is -0.142. The lowest BCUT2D eigenvalue weighted by atomic mass is 9.66. The monoisotopic (exact) mass is 535 g/mol. The molecule has 2 aromatic carbocycles. The molecule has 7 nitrogen and oxygen atoms in total. The van der Waals surface area contributed by atoms with Crippen molar-refractivity contribution in [2.75, 3.05) is 18.5 Å². The van der Waals surface area contributed by atoms with Gasteiger partial charge in [0.05, 0.1) is 29.2 Å². The molecule has 3 aliphatic rings. The number of para-hydroxylation sites is 1. The Kier molecular flexibility index (Phi) is 7.07. The number of aliphatic hydroxyl groups is 1. The number of carbonyl (C=O) groups excluding carboxylic acids is 3. The molecule has 6 atom stereocenters. The van der Waals surface area contributed by atoms with Gasteiger partial charge >= 0.3 is 0 Å². The van der Waals surface area contributed by atoms with E-state index in [9.17, 15) is 19.5 Å². The van der Waals surface area contributed by atoms with Crippen molar-refractivity contribution in [3.8, 4) is 0 Å². The molecule has 1 spiro atoms. The molecule has 0 aromatic heterocycles. The lowest BCUT2D eigenvalue weighted by Gasteiger charge is -2.37. The highest BCUT2D eigenvalue weighted by molar-refractivity contribution is 8.02. The lowest BCUT2D eigenvalue weighted by Crippen LogP contribution is -2.53. The first-order valence-electron chi connectivity index (χ1n) is 13.5. The number of carbonyl (C=O) groups is 3. The van der Waals surface area contributed by atoms with E-state index in [0.717, 1.165) is 35.2 Å². The van der Waals surface area contributed by atoms with Gasteiger partial charge < -0.3 is 20.6 Å². The second-order valence-electron chi connectivity index (χ2n) is 11.1. The Morgan fingerprint density at radius 3 is 2.39 bits per heavy atom. The van der Waals surface area contributed by atoms with E-state index in [-0.39, 0.29) is 24.3 Å². The van der Waals surface area contributed by atoms with E-state index in [0.29, 0.717) is 13.0 Å². The van der Waals surface area contributed by atoms with Crippen LogP contribution >= 0.6 is 11.8 Å². The third-order valence-electron chi connectivity index (χ3n) is 8.72. The average molecular weight is 536 g/mol. The molecule has 2 aromatic rings. The summed E-state index contributed by atoms with van der Waals surface area (Å²) in [7, 11) is 0. The fourth-order valence-corrected chi connectivity index (χ4v) is 9.33. The van der Waals surface area contributed by atoms with Crippen LogP contribution in [0, 0.1) is 25.7 Å². The molecule has 3 N–H and O–H groups in total. The van der Waals surface area contributed by atoms with Crippen molar-refractivity contribution >= 4 is 35.2 Å². The molecule has 8 heteroatoms. The van der Waals surface area contributed by atoms with Crippen molar-refractivity contribution < 1.29 is 19.5 Å². The maximum atomic E-state index is 14.4. The summed E-state index contributed by atoms with van der Waals surface area (Å²) in [5.74, 6) is -1.76. The van der Waals surface area contributed by atoms with Crippen LogP contribution in [0.4, 0.5) is 5.69 Å². The number of fused-ring (bicyclic) bond motifs is 1. The Morgan fingerprint density at radius 1 is 1.08 bits per heavy atom. The minimum atomic E-state index is -0.827. The molecule has 3 heterocycles. The van der Waals surface area contributed by atoms with Gasteiger partial charge in [0.2, 0.25) is 17.7 Å². The van der Waals surface area contributed by atoms with Gasteiger partial charge in [0.15, 0.2) is 0 Å². The third kappa shape index (κ3) is 4.04. The van der Waals surface area contributed by atoms with Crippen molar-refractivity contribution in [2.45, 2.75) is 68.5 Å². The van der Waals surface area contributed by atoms with Gasteiger partial charge in [-0.1, -0.05) is 55.5 Å². The number of thioether (sulfide) groups is 1. The summed E-state index contributed by atoms with van der Waals surface area (Å²) in [5, 5.41) is 16.8. The van der Waals surface area contributed by atoms with Gasteiger partial charge in [-0.05, 0) is 56.7 Å². The van der Waals surface area contributed by atoms with Crippen molar-refractivity contribution in [3.05, 3.63) is 65.2 Å². The number of benzene rings is 2. The highest BCUT2D eigenvalue weighted by atomic mass is 32.2. The van der Waals surface area contributed by atoms with E-state index in [1.165, 1.54) is 0 Å². The van der Waals surface area contributed by atoms with E-state index < -0.39 is 33.4 Å². The summed E-state index contributed by atoms with van der Waals surface area (Å²) >= 11 is 1.64. The van der Waals surface area contributed by atoms with Gasteiger partial charge in [-0.3, -0.25) is 14.4 Å². The molecule has 3 aliphatic heterocycles. The van der Waals surface area contributed by atoms with E-state index in [1.54, 1.807) is 16.7 Å². The number of hydrogen-bond donors (Lipinski definition) is 3. The fraction of sp³-hybridized carbons (Fsp3) is 0.500. The van der Waals surface area contributed by atoms with E-state index in [4.69, 9.17) is 0 Å². The number of aliphatic hydroxyl groups excluding tert-OH is 1. The number of anilines is 1. The Hall–Kier alpha value is -2.84. The third-order valence-corrected chi connectivity index (χ3v) is 10.7. The van der Waals surface area contributed by atoms with Crippen molar-refractivity contribution in [2.24, 2.45) is 11.8 Å². The van der Waals surface area contributed by atoms with Gasteiger partial charge in [0.25, 0.3) is 0 Å². The Bertz CT molecular complexity index is 1230. The summed E-state index contributed by atoms with van der Waals surface area (Å²) in [5.41, 5.74) is 3.39. The minimum absolute atomic E-state index is 0.113. The Morgan fingerprint density at radius 2 is 1.76 bits per heavy atom. The number of nitrogens with zero attached hydrogens (tertiary/aromatic N) is 1. The molecule has 3 amide bonds. The SMILES string of the molecule is CCCNC(=O)[C@@H]1[C@H]2C(=O)N([C@H](CO)c3ccccc3)C(C(=O)Nc3c(C)cccc3C)C23CC[C@@]1(C)S3. The molecule has 0 aliphatic carbocycles. The van der Waals surface area contributed by atoms with Crippen LogP contribution in [0.15, 0.2) is 48.5 Å². The minimum Gasteiger partial charge on any atom is -0.394 e. The standard InChI is InChI=1S/C30H37N3O4S/c1-5-16-31-26(35)22-23-28(37)33(21(17-34)20-12-7-6-8-13-20)25(30(23)15-14-29(22,4)38-30)27(36)32-24-18(2)10-9-11-19(24)3/h6-13,21-23,25,34H,5,14-17H2,1-4H3,(H,31,35)(H,32,36)/t21-,22+,23+,25?,29-,30?/m1/s1. The van der Waals surface area contributed by atoms with Gasteiger partial charge in [-0.25, -0.2) is 0 Å². The number of nitrogens with one attached hydrogen (secondary N) is 2. The molecule has 3 fully saturated rings. The van der Waals surface area contributed by atoms with Crippen LogP contribution in [0.3, 0.4) is 0 Å². The second-order valence-corrected chi connectivity index (χ2v) is 13.0. The highest BCUT2D eigenvalue weighted by Crippen LogP contribution is 2.72. The number of rotatable bonds is 8. The molecule has 0 radical (unpaired) electrons. The molecule has 38 heavy (non-hydrogen) atoms. The number of amides is 3. The zero-order valence-corrected chi connectivity index (χ0v) is 23.3. The predicted molar refractivity (Wildman–Crippen MR) is 150 cm³/mol. The fourth-order valence-electron chi connectivity index (χ4n) is 6.99. The summed E-state index contributed by atoms with van der Waals surface area (Å²) in [6, 6.07) is 13.7. The smallest absolute Gasteiger partial charge is 0.248 e. The van der Waals surface area contributed by atoms with Crippen LogP contribution in [0.25, 0.3) is 0 Å². The van der Waals surface area contributed by atoms with E-state index in [2.05, 4.69) is 17.6 Å². The zero-order valence-electron chi connectivity index (χ0n) is 22.5. The van der Waals surface area contributed by atoms with Crippen molar-refractivity contribution in [3.63, 3.8) is 0 Å². The van der Waals surface area contributed by atoms with E-state index in [1.807, 2.05) is 69.3 Å². The Labute approximate surface area is 228 Å². The molecular weight excluding hydrogens is 498 g/mol. The van der Waals surface area contributed by atoms with Crippen molar-refractivity contribution in [1.29, 1.82) is 0 Å². The maximum absolute atomic E-state index is 14.4. The summed E-state index contributed by atoms with van der Waals surface area (Å²) < 4.78 is -1.17. The second kappa shape index (κ2) is 10.0. The average Bonchev–Trinajstić information content (AvgIpc) is 3.47. The van der Waals surface area contributed by atoms with Crippen LogP contribution in [0.5, 0.6) is 0 Å². The molecule has 2 unspecified atom stereocenters. The quantitative estimate of drug-likeness (QED) is 0.475. The summed E-state index contributed by atoms with van der Waals surface area (Å²) in [4.78, 5) is 43.8. The Balaban J connectivity index is 1.61. The molecule has 2 bridgehead atoms. The van der Waals surface area contributed by atoms with Crippen LogP contribution in [0.2, 0.25) is 0 Å². The molecule has 0 saturated carbocycles. The van der Waals surface area contributed by atoms with Gasteiger partial charge in [-0.15, -0.1) is 11.8 Å². The first-order chi connectivity index (χ1) is 18.2. The number of aryl methyl sites for hydroxylation is 2. The predicted octanol–water partition coefficient (Wildman–Crippen LogP) is 3.98. The maximum Gasteiger partial charge on any atom is 0.248 e. The first kappa shape index (κ1) is 26.8. The molecule has 202 valence electrons. The van der Waals surface area contributed by atoms with Crippen molar-refractivity contribution in [1.82, 2.24) is 10.2 Å². The summed E-state index contributed by atoms with van der Waals surface area (Å²) in [6.45, 7) is 8.20. The highest BCUT2D eigenvalue weighted by Gasteiger charge is 2.77. The zero-order chi connectivity index (χ0) is 27.2. The molecular formula is C30H37N3O4S. The molecule has 3 saturated heterocycles. The normalized spacial score (nSPS) is 30.3. The summed E-state index contributed by atoms with van der Waals surface area (Å²) in [6.07, 6.45) is 2.22. The van der Waals surface area contributed by atoms with Crippen LogP contribution in [-0.4, -0.2) is 56.4 Å². The number of hydrogen-bond acceptors (Lipinski definition) is 5. The van der Waals surface area contributed by atoms with E-state index >= 15 is 0 Å². The van der Waals surface area contributed by atoms with Crippen LogP contribution < -0.4 is 10.6 Å². The first-order valence-corrected chi connectivity index (χ1v) is 14.3. The van der Waals surface area contributed by atoms with Crippen LogP contribution in [-0.2, 0) is 14.4 Å². The topological polar surface area (TPSA) is 98.7 Å². The molecule has 5 rings (SSSR count).